The largest absolute Gasteiger partial charge is 0.280 e. The van der Waals surface area contributed by atoms with Crippen molar-refractivity contribution < 1.29 is 9.18 Å². The van der Waals surface area contributed by atoms with Crippen molar-refractivity contribution in [1.29, 1.82) is 0 Å². The summed E-state index contributed by atoms with van der Waals surface area (Å²) >= 11 is 7.28. The number of nitrogens with one attached hydrogen (secondary N) is 1. The second kappa shape index (κ2) is 6.94. The molecule has 2 aromatic heterocycles. The molecule has 0 radical (unpaired) electrons. The summed E-state index contributed by atoms with van der Waals surface area (Å²) in [5, 5.41) is 2.06. The molecule has 27 heavy (non-hydrogen) atoms. The highest BCUT2D eigenvalue weighted by Crippen LogP contribution is 2.27. The molecule has 4 aromatic rings. The molecule has 0 saturated carbocycles. The Bertz CT molecular complexity index is 1240. The van der Waals surface area contributed by atoms with Gasteiger partial charge in [0.15, 0.2) is 5.82 Å². The summed E-state index contributed by atoms with van der Waals surface area (Å²) in [6.07, 6.45) is 0. The predicted octanol–water partition coefficient (Wildman–Crippen LogP) is 4.30. The molecule has 134 valence electrons. The first-order chi connectivity index (χ1) is 13.0. The highest BCUT2D eigenvalue weighted by molar-refractivity contribution is 7.14. The van der Waals surface area contributed by atoms with Crippen molar-refractivity contribution in [3.63, 3.8) is 0 Å². The number of nitrogens with zero attached hydrogens (tertiary/aromatic N) is 2. The molecular formula is C19H11ClFN3O2S. The summed E-state index contributed by atoms with van der Waals surface area (Å²) in [5.74, 6) is -1.22. The van der Waals surface area contributed by atoms with E-state index >= 15 is 0 Å². The van der Waals surface area contributed by atoms with Gasteiger partial charge in [0.2, 0.25) is 0 Å². The lowest BCUT2D eigenvalue weighted by Crippen LogP contribution is -2.35. The summed E-state index contributed by atoms with van der Waals surface area (Å²) in [6.45, 7) is 0. The van der Waals surface area contributed by atoms with Crippen molar-refractivity contribution in [3.05, 3.63) is 86.0 Å². The van der Waals surface area contributed by atoms with E-state index in [4.69, 9.17) is 11.6 Å². The SMILES string of the molecule is O=C(Nn1c(-c2csc(Cl)c2)nc2ccccc2c1=O)c1ccccc1F. The number of carbonyl (C=O) groups is 1. The van der Waals surface area contributed by atoms with Gasteiger partial charge in [0.25, 0.3) is 11.5 Å². The fraction of sp³-hybridized carbons (Fsp3) is 0. The second-order valence-corrected chi connectivity index (χ2v) is 7.20. The molecule has 1 amide bonds. The molecule has 0 aliphatic rings. The molecule has 1 N–H and O–H groups in total. The van der Waals surface area contributed by atoms with E-state index < -0.39 is 17.3 Å². The maximum Gasteiger partial charge on any atom is 0.280 e. The molecule has 2 aromatic carbocycles. The zero-order valence-electron chi connectivity index (χ0n) is 13.6. The third-order valence-electron chi connectivity index (χ3n) is 3.93. The quantitative estimate of drug-likeness (QED) is 0.558. The van der Waals surface area contributed by atoms with Gasteiger partial charge in [0, 0.05) is 10.9 Å². The Labute approximate surface area is 161 Å². The standard InChI is InChI=1S/C19H11ClFN3O2S/c20-16-9-11(10-27-16)17-22-15-8-4-2-6-13(15)19(26)24(17)23-18(25)12-5-1-3-7-14(12)21/h1-10H,(H,23,25). The topological polar surface area (TPSA) is 64.0 Å². The van der Waals surface area contributed by atoms with Crippen LogP contribution in [0.2, 0.25) is 4.34 Å². The van der Waals surface area contributed by atoms with Crippen LogP contribution < -0.4 is 11.0 Å². The van der Waals surface area contributed by atoms with Crippen LogP contribution in [0.15, 0.2) is 64.8 Å². The van der Waals surface area contributed by atoms with Crippen molar-refractivity contribution in [2.75, 3.05) is 5.43 Å². The lowest BCUT2D eigenvalue weighted by atomic mass is 10.2. The molecule has 2 heterocycles. The van der Waals surface area contributed by atoms with Gasteiger partial charge in [-0.2, -0.15) is 4.68 Å². The molecule has 0 spiro atoms. The number of rotatable bonds is 3. The van der Waals surface area contributed by atoms with E-state index in [-0.39, 0.29) is 11.4 Å². The van der Waals surface area contributed by atoms with Gasteiger partial charge < -0.3 is 0 Å². The van der Waals surface area contributed by atoms with Crippen LogP contribution in [0.5, 0.6) is 0 Å². The van der Waals surface area contributed by atoms with Crippen LogP contribution >= 0.6 is 22.9 Å². The van der Waals surface area contributed by atoms with Crippen LogP contribution in [0.4, 0.5) is 4.39 Å². The average molecular weight is 400 g/mol. The summed E-state index contributed by atoms with van der Waals surface area (Å²) in [4.78, 5) is 30.0. The van der Waals surface area contributed by atoms with Crippen LogP contribution in [0.1, 0.15) is 10.4 Å². The van der Waals surface area contributed by atoms with E-state index in [9.17, 15) is 14.0 Å². The summed E-state index contributed by atoms with van der Waals surface area (Å²) in [7, 11) is 0. The Hall–Kier alpha value is -3.03. The molecule has 0 atom stereocenters. The minimum atomic E-state index is -0.755. The van der Waals surface area contributed by atoms with Crippen LogP contribution in [0, 0.1) is 5.82 Å². The van der Waals surface area contributed by atoms with Gasteiger partial charge in [0.05, 0.1) is 20.8 Å². The van der Waals surface area contributed by atoms with E-state index in [0.29, 0.717) is 20.8 Å². The number of aromatic nitrogens is 2. The lowest BCUT2D eigenvalue weighted by Gasteiger charge is -2.14. The van der Waals surface area contributed by atoms with Crippen LogP contribution in [-0.2, 0) is 0 Å². The highest BCUT2D eigenvalue weighted by Gasteiger charge is 2.18. The monoisotopic (exact) mass is 399 g/mol. The summed E-state index contributed by atoms with van der Waals surface area (Å²) in [5.41, 5.74) is 2.87. The minimum absolute atomic E-state index is 0.174. The second-order valence-electron chi connectivity index (χ2n) is 5.65. The molecule has 0 aliphatic carbocycles. The number of thiophene rings is 1. The predicted molar refractivity (Wildman–Crippen MR) is 104 cm³/mol. The number of carbonyl (C=O) groups excluding carboxylic acids is 1. The van der Waals surface area contributed by atoms with Gasteiger partial charge in [-0.05, 0) is 30.3 Å². The number of hydrogen-bond donors (Lipinski definition) is 1. The van der Waals surface area contributed by atoms with E-state index in [2.05, 4.69) is 10.4 Å². The van der Waals surface area contributed by atoms with E-state index in [1.807, 2.05) is 0 Å². The van der Waals surface area contributed by atoms with Gasteiger partial charge in [-0.15, -0.1) is 11.3 Å². The number of amides is 1. The average Bonchev–Trinajstić information content (AvgIpc) is 3.10. The van der Waals surface area contributed by atoms with Crippen molar-refractivity contribution in [1.82, 2.24) is 9.66 Å². The van der Waals surface area contributed by atoms with Crippen LogP contribution in [-0.4, -0.2) is 15.6 Å². The third-order valence-corrected chi connectivity index (χ3v) is 5.02. The maximum absolute atomic E-state index is 13.9. The Morgan fingerprint density at radius 2 is 1.89 bits per heavy atom. The third kappa shape index (κ3) is 3.22. The zero-order valence-corrected chi connectivity index (χ0v) is 15.2. The van der Waals surface area contributed by atoms with Gasteiger partial charge in [-0.3, -0.25) is 15.0 Å². The zero-order chi connectivity index (χ0) is 19.0. The summed E-state index contributed by atoms with van der Waals surface area (Å²) in [6, 6.07) is 14.0. The number of para-hydroxylation sites is 1. The maximum atomic E-state index is 13.9. The molecule has 0 bridgehead atoms. The van der Waals surface area contributed by atoms with Gasteiger partial charge in [0.1, 0.15) is 5.82 Å². The fourth-order valence-electron chi connectivity index (χ4n) is 2.66. The first-order valence-corrected chi connectivity index (χ1v) is 9.12. The Morgan fingerprint density at radius 1 is 1.15 bits per heavy atom. The number of fused-ring (bicyclic) bond motifs is 1. The van der Waals surface area contributed by atoms with Crippen LogP contribution in [0.3, 0.4) is 0 Å². The lowest BCUT2D eigenvalue weighted by molar-refractivity contribution is 0.100. The number of hydrogen-bond acceptors (Lipinski definition) is 4. The Morgan fingerprint density at radius 3 is 2.63 bits per heavy atom. The molecule has 5 nitrogen and oxygen atoms in total. The van der Waals surface area contributed by atoms with Crippen molar-refractivity contribution in [2.24, 2.45) is 0 Å². The van der Waals surface area contributed by atoms with Gasteiger partial charge in [-0.1, -0.05) is 35.9 Å². The van der Waals surface area contributed by atoms with Crippen LogP contribution in [0.25, 0.3) is 22.3 Å². The molecule has 0 saturated heterocycles. The van der Waals surface area contributed by atoms with E-state index in [1.165, 1.54) is 29.5 Å². The first kappa shape index (κ1) is 17.4. The minimum Gasteiger partial charge on any atom is -0.267 e. The fourth-order valence-corrected chi connectivity index (χ4v) is 3.52. The number of benzene rings is 2. The number of halogens is 2. The highest BCUT2D eigenvalue weighted by atomic mass is 35.5. The van der Waals surface area contributed by atoms with E-state index in [0.717, 1.165) is 4.68 Å². The molecule has 0 unspecified atom stereocenters. The normalized spacial score (nSPS) is 10.9. The molecule has 4 rings (SSSR count). The Balaban J connectivity index is 1.90. The van der Waals surface area contributed by atoms with Crippen molar-refractivity contribution >= 4 is 39.7 Å². The molecule has 8 heteroatoms. The van der Waals surface area contributed by atoms with Gasteiger partial charge >= 0.3 is 0 Å². The smallest absolute Gasteiger partial charge is 0.267 e. The van der Waals surface area contributed by atoms with E-state index in [1.54, 1.807) is 41.8 Å². The molecule has 0 aliphatic heterocycles. The molecular weight excluding hydrogens is 389 g/mol. The van der Waals surface area contributed by atoms with Crippen molar-refractivity contribution in [2.45, 2.75) is 0 Å². The molecule has 0 fully saturated rings. The Kier molecular flexibility index (Phi) is 4.47. The summed E-state index contributed by atoms with van der Waals surface area (Å²) < 4.78 is 15.5. The van der Waals surface area contributed by atoms with Crippen molar-refractivity contribution in [3.8, 4) is 11.4 Å². The van der Waals surface area contributed by atoms with Gasteiger partial charge in [-0.25, -0.2) is 9.37 Å². The first-order valence-electron chi connectivity index (χ1n) is 7.86.